The SMILES string of the molecule is CC1(C)c2ccccc2-c2cc(-c3nc(-n4c5cc6ccccc6cc5c5c6ccccc6ccc54)nc4sc5ccccc5c34)ccc21.CC1(C)c2ccccc2-c2cc(-c3nc(-n4c5cc6ccccc6cc5c5ccc6ccccc6c54)nc4oc5ccccc5c34)ccc21. The molecule has 460 valence electrons. The lowest BCUT2D eigenvalue weighted by Gasteiger charge is -2.21. The summed E-state index contributed by atoms with van der Waals surface area (Å²) in [6.07, 6.45) is 0. The average Bonchev–Trinajstić information content (AvgIpc) is 1.56. The number of nitrogens with zero attached hydrogens (tertiary/aromatic N) is 6. The standard InChI is InChI=1S/C45H29N3O.C45H29N3S/c1-45(2)36-17-9-7-15-31(36)34-24-29(20-22-37(34)45)41-40-33-16-8-10-18-39(33)49-43(40)47-44(46-41)48-38-25-28-13-4-3-12-27(28)23-35(38)32-21-19-26-11-5-6-14-30(26)42(32)48;1-45(2)35-17-9-7-15-31(35)33-24-29(19-21-36(33)45)42-41-32-16-8-10-18-39(32)49-43(41)47-44(46-42)48-37-22-20-26-11-5-6-14-30(26)40(37)34-23-27-12-3-4-13-28(27)25-38(34)48/h2*3-25H,1-2H3. The highest BCUT2D eigenvalue weighted by molar-refractivity contribution is 7.25. The number of thiophene rings is 1. The zero-order chi connectivity index (χ0) is 64.9. The molecule has 98 heavy (non-hydrogen) atoms. The first-order chi connectivity index (χ1) is 48.1. The minimum atomic E-state index is -0.0776. The van der Waals surface area contributed by atoms with Crippen LogP contribution in [0.3, 0.4) is 0 Å². The molecule has 22 rings (SSSR count). The summed E-state index contributed by atoms with van der Waals surface area (Å²) in [5.41, 5.74) is 20.2. The Labute approximate surface area is 566 Å². The number of fused-ring (bicyclic) bond motifs is 24. The van der Waals surface area contributed by atoms with Gasteiger partial charge < -0.3 is 4.42 Å². The molecule has 0 N–H and O–H groups in total. The maximum Gasteiger partial charge on any atom is 0.238 e. The fourth-order valence-corrected chi connectivity index (χ4v) is 18.0. The maximum absolute atomic E-state index is 6.55. The molecular formula is C90H58N6OS. The van der Waals surface area contributed by atoms with Crippen LogP contribution in [0.4, 0.5) is 0 Å². The van der Waals surface area contributed by atoms with Gasteiger partial charge in [-0.1, -0.05) is 252 Å². The number of benzene rings is 14. The van der Waals surface area contributed by atoms with Crippen molar-refractivity contribution >= 4 is 140 Å². The summed E-state index contributed by atoms with van der Waals surface area (Å²) in [4.78, 5) is 22.8. The van der Waals surface area contributed by atoms with Crippen LogP contribution in [-0.4, -0.2) is 29.1 Å². The van der Waals surface area contributed by atoms with Crippen LogP contribution in [0, 0.1) is 0 Å². The van der Waals surface area contributed by atoms with Gasteiger partial charge in [0, 0.05) is 69.7 Å². The molecule has 8 heteroatoms. The minimum absolute atomic E-state index is 0.0554. The van der Waals surface area contributed by atoms with Gasteiger partial charge in [0.15, 0.2) is 0 Å². The highest BCUT2D eigenvalue weighted by Crippen LogP contribution is 2.53. The normalized spacial score (nSPS) is 13.7. The van der Waals surface area contributed by atoms with Crippen molar-refractivity contribution in [1.82, 2.24) is 29.1 Å². The summed E-state index contributed by atoms with van der Waals surface area (Å²) >= 11 is 1.75. The van der Waals surface area contributed by atoms with E-state index in [1.807, 2.05) is 12.1 Å². The van der Waals surface area contributed by atoms with Crippen molar-refractivity contribution in [2.45, 2.75) is 38.5 Å². The molecule has 6 aromatic heterocycles. The Morgan fingerprint density at radius 2 is 0.806 bits per heavy atom. The highest BCUT2D eigenvalue weighted by Gasteiger charge is 2.37. The third-order valence-electron chi connectivity index (χ3n) is 21.6. The summed E-state index contributed by atoms with van der Waals surface area (Å²) in [6, 6.07) is 101. The van der Waals surface area contributed by atoms with Gasteiger partial charge in [0.1, 0.15) is 10.4 Å². The second-order valence-corrected chi connectivity index (χ2v) is 28.7. The van der Waals surface area contributed by atoms with E-state index >= 15 is 0 Å². The van der Waals surface area contributed by atoms with Crippen LogP contribution < -0.4 is 0 Å². The van der Waals surface area contributed by atoms with E-state index in [1.165, 1.54) is 114 Å². The number of hydrogen-bond donors (Lipinski definition) is 0. The van der Waals surface area contributed by atoms with Crippen LogP contribution in [0.15, 0.2) is 283 Å². The minimum Gasteiger partial charge on any atom is -0.437 e. The van der Waals surface area contributed by atoms with Crippen LogP contribution in [0.1, 0.15) is 49.9 Å². The lowest BCUT2D eigenvalue weighted by molar-refractivity contribution is 0.651. The van der Waals surface area contributed by atoms with Crippen molar-refractivity contribution < 1.29 is 4.42 Å². The van der Waals surface area contributed by atoms with E-state index in [0.29, 0.717) is 17.6 Å². The summed E-state index contributed by atoms with van der Waals surface area (Å²) in [5.74, 6) is 1.29. The molecule has 0 aliphatic heterocycles. The molecule has 2 aliphatic rings. The monoisotopic (exact) mass is 1270 g/mol. The van der Waals surface area contributed by atoms with Gasteiger partial charge in [0.25, 0.3) is 0 Å². The summed E-state index contributed by atoms with van der Waals surface area (Å²) < 4.78 is 12.3. The molecule has 0 atom stereocenters. The molecule has 0 saturated carbocycles. The van der Waals surface area contributed by atoms with Crippen LogP contribution in [0.5, 0.6) is 0 Å². The Morgan fingerprint density at radius 1 is 0.316 bits per heavy atom. The van der Waals surface area contributed by atoms with Crippen molar-refractivity contribution in [2.75, 3.05) is 0 Å². The van der Waals surface area contributed by atoms with Gasteiger partial charge in [-0.05, 0) is 137 Å². The topological polar surface area (TPSA) is 74.6 Å². The van der Waals surface area contributed by atoms with Gasteiger partial charge >= 0.3 is 0 Å². The van der Waals surface area contributed by atoms with Crippen LogP contribution in [0.2, 0.25) is 0 Å². The van der Waals surface area contributed by atoms with E-state index in [2.05, 4.69) is 304 Å². The Kier molecular flexibility index (Phi) is 11.4. The first-order valence-corrected chi connectivity index (χ1v) is 34.5. The van der Waals surface area contributed by atoms with Crippen LogP contribution in [-0.2, 0) is 10.8 Å². The lowest BCUT2D eigenvalue weighted by atomic mass is 9.82. The van der Waals surface area contributed by atoms with Crippen molar-refractivity contribution in [3.05, 3.63) is 301 Å². The van der Waals surface area contributed by atoms with E-state index in [0.717, 1.165) is 76.5 Å². The van der Waals surface area contributed by atoms with Gasteiger partial charge in [-0.15, -0.1) is 11.3 Å². The average molecular weight is 1270 g/mol. The summed E-state index contributed by atoms with van der Waals surface area (Å²) in [5, 5.41) is 18.7. The second-order valence-electron chi connectivity index (χ2n) is 27.6. The van der Waals surface area contributed by atoms with E-state index < -0.39 is 0 Å². The number of para-hydroxylation sites is 1. The fourth-order valence-electron chi connectivity index (χ4n) is 16.9. The Hall–Kier alpha value is -12.1. The molecule has 2 aliphatic carbocycles. The molecule has 20 aromatic rings. The first-order valence-electron chi connectivity index (χ1n) is 33.7. The molecule has 0 radical (unpaired) electrons. The molecule has 0 amide bonds. The molecule has 7 nitrogen and oxygen atoms in total. The van der Waals surface area contributed by atoms with Crippen molar-refractivity contribution in [2.24, 2.45) is 0 Å². The predicted molar refractivity (Wildman–Crippen MR) is 409 cm³/mol. The fraction of sp³-hybridized carbons (Fsp3) is 0.0667. The van der Waals surface area contributed by atoms with E-state index in [1.54, 1.807) is 11.3 Å². The second kappa shape index (κ2) is 20.2. The van der Waals surface area contributed by atoms with Gasteiger partial charge in [-0.2, -0.15) is 4.98 Å². The maximum atomic E-state index is 6.55. The highest BCUT2D eigenvalue weighted by atomic mass is 32.1. The number of rotatable bonds is 4. The quantitative estimate of drug-likeness (QED) is 0.176. The first kappa shape index (κ1) is 55.2. The van der Waals surface area contributed by atoms with Gasteiger partial charge in [0.2, 0.25) is 17.6 Å². The third-order valence-corrected chi connectivity index (χ3v) is 22.7. The summed E-state index contributed by atoms with van der Waals surface area (Å²) in [6.45, 7) is 9.30. The molecule has 0 fully saturated rings. The molecule has 0 bridgehead atoms. The predicted octanol–water partition coefficient (Wildman–Crippen LogP) is 24.0. The third kappa shape index (κ3) is 7.80. The number of aromatic nitrogens is 6. The van der Waals surface area contributed by atoms with E-state index in [9.17, 15) is 0 Å². The Balaban J connectivity index is 0.000000129. The van der Waals surface area contributed by atoms with Crippen molar-refractivity contribution in [1.29, 1.82) is 0 Å². The summed E-state index contributed by atoms with van der Waals surface area (Å²) in [7, 11) is 0. The van der Waals surface area contributed by atoms with Gasteiger partial charge in [-0.3, -0.25) is 9.13 Å². The Morgan fingerprint density at radius 3 is 1.47 bits per heavy atom. The molecular weight excluding hydrogens is 1210 g/mol. The van der Waals surface area contributed by atoms with Crippen LogP contribution >= 0.6 is 11.3 Å². The van der Waals surface area contributed by atoms with Crippen molar-refractivity contribution in [3.8, 4) is 56.7 Å². The van der Waals surface area contributed by atoms with E-state index in [-0.39, 0.29) is 10.8 Å². The molecule has 6 heterocycles. The van der Waals surface area contributed by atoms with Gasteiger partial charge in [-0.25, -0.2) is 15.0 Å². The number of hydrogen-bond acceptors (Lipinski definition) is 6. The number of furan rings is 1. The van der Waals surface area contributed by atoms with Gasteiger partial charge in [0.05, 0.1) is 38.8 Å². The zero-order valence-electron chi connectivity index (χ0n) is 54.1. The van der Waals surface area contributed by atoms with Crippen LogP contribution in [0.25, 0.3) is 186 Å². The molecule has 0 spiro atoms. The largest absolute Gasteiger partial charge is 0.437 e. The molecule has 0 unspecified atom stereocenters. The lowest BCUT2D eigenvalue weighted by Crippen LogP contribution is -2.14. The molecule has 0 saturated heterocycles. The van der Waals surface area contributed by atoms with E-state index in [4.69, 9.17) is 24.4 Å². The smallest absolute Gasteiger partial charge is 0.238 e. The zero-order valence-corrected chi connectivity index (χ0v) is 54.9. The molecule has 14 aromatic carbocycles. The Bertz CT molecular complexity index is 6870. The van der Waals surface area contributed by atoms with Crippen molar-refractivity contribution in [3.63, 3.8) is 0 Å².